The third-order valence-corrected chi connectivity index (χ3v) is 9.41. The van der Waals surface area contributed by atoms with Crippen LogP contribution in [0.4, 0.5) is 10.7 Å². The highest BCUT2D eigenvalue weighted by Gasteiger charge is 2.27. The number of thioether (sulfide) groups is 1. The number of rotatable bonds is 7. The molecule has 7 heteroatoms. The molecule has 0 saturated heterocycles. The molecule has 0 bridgehead atoms. The fourth-order valence-corrected chi connectivity index (χ4v) is 7.27. The first kappa shape index (κ1) is 24.8. The predicted octanol–water partition coefficient (Wildman–Crippen LogP) is 6.77. The van der Waals surface area contributed by atoms with Crippen molar-refractivity contribution in [2.24, 2.45) is 11.8 Å². The van der Waals surface area contributed by atoms with E-state index in [9.17, 15) is 14.9 Å². The molecule has 2 amide bonds. The molecule has 2 aliphatic carbocycles. The molecule has 5 nitrogen and oxygen atoms in total. The maximum Gasteiger partial charge on any atom is 0.238 e. The van der Waals surface area contributed by atoms with E-state index in [1.807, 2.05) is 31.2 Å². The summed E-state index contributed by atoms with van der Waals surface area (Å²) < 4.78 is 0. The van der Waals surface area contributed by atoms with Gasteiger partial charge in [-0.1, -0.05) is 39.2 Å². The largest absolute Gasteiger partial charge is 0.326 e. The molecule has 2 unspecified atom stereocenters. The van der Waals surface area contributed by atoms with Crippen molar-refractivity contribution in [2.45, 2.75) is 81.8 Å². The van der Waals surface area contributed by atoms with E-state index in [2.05, 4.69) is 23.6 Å². The number of nitrogens with one attached hydrogen (secondary N) is 2. The molecule has 0 radical (unpaired) electrons. The zero-order chi connectivity index (χ0) is 24.1. The van der Waals surface area contributed by atoms with Crippen molar-refractivity contribution < 1.29 is 9.59 Å². The number of fused-ring (bicyclic) bond motifs is 1. The number of thiophene rings is 1. The summed E-state index contributed by atoms with van der Waals surface area (Å²) in [6.45, 7) is 4.24. The lowest BCUT2D eigenvalue weighted by Crippen LogP contribution is -2.25. The quantitative estimate of drug-likeness (QED) is 0.415. The fraction of sp³-hybridized carbons (Fsp3) is 0.519. The molecule has 180 valence electrons. The van der Waals surface area contributed by atoms with Crippen LogP contribution in [0.3, 0.4) is 0 Å². The fourth-order valence-electron chi connectivity index (χ4n) is 4.89. The van der Waals surface area contributed by atoms with Crippen LogP contribution in [0.15, 0.2) is 29.2 Å². The van der Waals surface area contributed by atoms with Crippen molar-refractivity contribution in [3.63, 3.8) is 0 Å². The molecule has 2 aromatic rings. The molecule has 0 aliphatic heterocycles. The van der Waals surface area contributed by atoms with E-state index in [1.165, 1.54) is 23.1 Å². The molecule has 1 aromatic heterocycles. The minimum atomic E-state index is -0.283. The number of carbonyl (C=O) groups is 2. The van der Waals surface area contributed by atoms with Gasteiger partial charge in [0.05, 0.1) is 10.8 Å². The molecule has 1 aromatic carbocycles. The van der Waals surface area contributed by atoms with Crippen LogP contribution in [0, 0.1) is 23.2 Å². The lowest BCUT2D eigenvalue weighted by Gasteiger charge is -2.21. The molecule has 4 rings (SSSR count). The van der Waals surface area contributed by atoms with Crippen LogP contribution in [0.1, 0.15) is 74.8 Å². The monoisotopic (exact) mass is 495 g/mol. The Balaban J connectivity index is 1.41. The third kappa shape index (κ3) is 5.84. The van der Waals surface area contributed by atoms with Gasteiger partial charge in [0, 0.05) is 21.4 Å². The average molecular weight is 496 g/mol. The predicted molar refractivity (Wildman–Crippen MR) is 140 cm³/mol. The molecular weight excluding hydrogens is 462 g/mol. The number of nitrogens with zero attached hydrogens (tertiary/aromatic N) is 1. The molecular formula is C27H33N3O2S2. The topological polar surface area (TPSA) is 82.0 Å². The smallest absolute Gasteiger partial charge is 0.238 e. The Morgan fingerprint density at radius 3 is 2.74 bits per heavy atom. The molecule has 1 saturated carbocycles. The second-order valence-corrected chi connectivity index (χ2v) is 11.9. The standard InChI is InChI=1S/C27H33N3O2S2/c1-3-23(26(32)30-27-22(16-28)21-13-12-17(2)14-24(21)34-27)33-20-11-7-10-19(15-20)29-25(31)18-8-5-4-6-9-18/h7,10-11,15,17-18,23H,3-6,8-9,12-14H2,1-2H3,(H,29,31)(H,30,32). The Bertz CT molecular complexity index is 1080. The Labute approximate surface area is 210 Å². The lowest BCUT2D eigenvalue weighted by molar-refractivity contribution is -0.120. The van der Waals surface area contributed by atoms with Crippen molar-refractivity contribution in [1.29, 1.82) is 5.26 Å². The number of hydrogen-bond donors (Lipinski definition) is 2. The summed E-state index contributed by atoms with van der Waals surface area (Å²) in [4.78, 5) is 28.0. The van der Waals surface area contributed by atoms with Crippen LogP contribution in [0.25, 0.3) is 0 Å². The van der Waals surface area contributed by atoms with Crippen LogP contribution in [0.5, 0.6) is 0 Å². The first-order valence-electron chi connectivity index (χ1n) is 12.4. The van der Waals surface area contributed by atoms with Crippen molar-refractivity contribution >= 4 is 45.6 Å². The highest BCUT2D eigenvalue weighted by atomic mass is 32.2. The molecule has 2 N–H and O–H groups in total. The van der Waals surface area contributed by atoms with Gasteiger partial charge in [-0.3, -0.25) is 9.59 Å². The number of hydrogen-bond acceptors (Lipinski definition) is 5. The summed E-state index contributed by atoms with van der Waals surface area (Å²) in [5.74, 6) is 0.748. The van der Waals surface area contributed by atoms with Crippen LogP contribution in [-0.4, -0.2) is 17.1 Å². The number of amides is 2. The zero-order valence-electron chi connectivity index (χ0n) is 20.0. The van der Waals surface area contributed by atoms with Gasteiger partial charge >= 0.3 is 0 Å². The lowest BCUT2D eigenvalue weighted by atomic mass is 9.88. The highest BCUT2D eigenvalue weighted by Crippen LogP contribution is 2.40. The Morgan fingerprint density at radius 1 is 1.21 bits per heavy atom. The van der Waals surface area contributed by atoms with E-state index in [0.29, 0.717) is 22.9 Å². The van der Waals surface area contributed by atoms with Crippen LogP contribution in [-0.2, 0) is 22.4 Å². The maximum atomic E-state index is 13.2. The minimum Gasteiger partial charge on any atom is -0.326 e. The van der Waals surface area contributed by atoms with E-state index in [0.717, 1.165) is 61.1 Å². The van der Waals surface area contributed by atoms with E-state index >= 15 is 0 Å². The summed E-state index contributed by atoms with van der Waals surface area (Å²) in [5.41, 5.74) is 2.55. The number of anilines is 2. The second-order valence-electron chi connectivity index (χ2n) is 9.52. The second kappa shape index (κ2) is 11.4. The Kier molecular flexibility index (Phi) is 8.33. The van der Waals surface area contributed by atoms with Crippen molar-refractivity contribution in [3.05, 3.63) is 40.3 Å². The number of nitriles is 1. The van der Waals surface area contributed by atoms with Gasteiger partial charge in [0.2, 0.25) is 11.8 Å². The van der Waals surface area contributed by atoms with Gasteiger partial charge < -0.3 is 10.6 Å². The average Bonchev–Trinajstić information content (AvgIpc) is 3.18. The highest BCUT2D eigenvalue weighted by molar-refractivity contribution is 8.00. The van der Waals surface area contributed by atoms with Gasteiger partial charge in [0.1, 0.15) is 11.1 Å². The Morgan fingerprint density at radius 2 is 2.00 bits per heavy atom. The van der Waals surface area contributed by atoms with Crippen LogP contribution >= 0.6 is 23.1 Å². The summed E-state index contributed by atoms with van der Waals surface area (Å²) in [5, 5.41) is 16.3. The Hall–Kier alpha value is -2.30. The van der Waals surface area contributed by atoms with Crippen molar-refractivity contribution in [3.8, 4) is 6.07 Å². The number of benzene rings is 1. The summed E-state index contributed by atoms with van der Waals surface area (Å²) in [7, 11) is 0. The van der Waals surface area contributed by atoms with Gasteiger partial charge in [-0.05, 0) is 68.2 Å². The SMILES string of the molecule is CCC(Sc1cccc(NC(=O)C2CCCCC2)c1)C(=O)Nc1sc2c(c1C#N)CCC(C)C2. The molecule has 0 spiro atoms. The normalized spacial score (nSPS) is 19.0. The maximum absolute atomic E-state index is 13.2. The number of carbonyl (C=O) groups excluding carboxylic acids is 2. The first-order valence-corrected chi connectivity index (χ1v) is 14.1. The molecule has 1 fully saturated rings. The van der Waals surface area contributed by atoms with E-state index in [1.54, 1.807) is 11.3 Å². The van der Waals surface area contributed by atoms with Gasteiger partial charge in [-0.25, -0.2) is 0 Å². The zero-order valence-corrected chi connectivity index (χ0v) is 21.6. The van der Waals surface area contributed by atoms with E-state index < -0.39 is 0 Å². The summed E-state index contributed by atoms with van der Waals surface area (Å²) in [6, 6.07) is 10.1. The van der Waals surface area contributed by atoms with E-state index in [-0.39, 0.29) is 23.0 Å². The summed E-state index contributed by atoms with van der Waals surface area (Å²) >= 11 is 3.06. The molecule has 34 heavy (non-hydrogen) atoms. The van der Waals surface area contributed by atoms with Gasteiger partial charge in [-0.15, -0.1) is 23.1 Å². The first-order chi connectivity index (χ1) is 16.5. The van der Waals surface area contributed by atoms with E-state index in [4.69, 9.17) is 0 Å². The molecule has 1 heterocycles. The van der Waals surface area contributed by atoms with Crippen molar-refractivity contribution in [1.82, 2.24) is 0 Å². The van der Waals surface area contributed by atoms with Crippen LogP contribution in [0.2, 0.25) is 0 Å². The van der Waals surface area contributed by atoms with Gasteiger partial charge in [-0.2, -0.15) is 5.26 Å². The molecule has 2 aliphatic rings. The van der Waals surface area contributed by atoms with Gasteiger partial charge in [0.25, 0.3) is 0 Å². The molecule has 2 atom stereocenters. The van der Waals surface area contributed by atoms with Crippen LogP contribution < -0.4 is 10.6 Å². The van der Waals surface area contributed by atoms with Gasteiger partial charge in [0.15, 0.2) is 0 Å². The third-order valence-electron chi connectivity index (χ3n) is 6.88. The summed E-state index contributed by atoms with van der Waals surface area (Å²) in [6.07, 6.45) is 9.06. The minimum absolute atomic E-state index is 0.0766. The van der Waals surface area contributed by atoms with Crippen molar-refractivity contribution in [2.75, 3.05) is 10.6 Å².